The van der Waals surface area contributed by atoms with E-state index >= 15 is 0 Å². The Labute approximate surface area is 165 Å². The van der Waals surface area contributed by atoms with E-state index in [2.05, 4.69) is 22.4 Å². The Hall–Kier alpha value is -2.02. The number of nitrogens with zero attached hydrogens (tertiary/aromatic N) is 3. The van der Waals surface area contributed by atoms with Crippen molar-refractivity contribution in [3.63, 3.8) is 0 Å². The van der Waals surface area contributed by atoms with Crippen LogP contribution in [0.4, 0.5) is 0 Å². The average Bonchev–Trinajstić information content (AvgIpc) is 3.11. The number of thioether (sulfide) groups is 1. The zero-order valence-corrected chi connectivity index (χ0v) is 16.9. The first-order chi connectivity index (χ1) is 13.2. The van der Waals surface area contributed by atoms with Gasteiger partial charge in [0.05, 0.1) is 12.4 Å². The van der Waals surface area contributed by atoms with Crippen LogP contribution in [0.3, 0.4) is 0 Å². The standard InChI is InChI=1S/C20H28N4O2S/c1-3-24-19(15-10-12-17(13-11-15)26-4-2)22-23-20(24)27-14-18(25)21-16-8-6-5-7-9-16/h10-13,16H,3-9,14H2,1-2H3,(H,21,25). The summed E-state index contributed by atoms with van der Waals surface area (Å²) in [5, 5.41) is 12.6. The van der Waals surface area contributed by atoms with Crippen LogP contribution in [0.2, 0.25) is 0 Å². The van der Waals surface area contributed by atoms with Gasteiger partial charge in [-0.1, -0.05) is 31.0 Å². The van der Waals surface area contributed by atoms with Crippen molar-refractivity contribution < 1.29 is 9.53 Å². The van der Waals surface area contributed by atoms with Crippen LogP contribution in [0.15, 0.2) is 29.4 Å². The molecule has 0 saturated heterocycles. The molecule has 1 fully saturated rings. The summed E-state index contributed by atoms with van der Waals surface area (Å²) in [6.07, 6.45) is 5.92. The number of nitrogens with one attached hydrogen (secondary N) is 1. The molecule has 1 saturated carbocycles. The predicted octanol–water partition coefficient (Wildman–Crippen LogP) is 3.90. The third-order valence-corrected chi connectivity index (χ3v) is 5.73. The Bertz CT molecular complexity index is 739. The van der Waals surface area contributed by atoms with Gasteiger partial charge in [0, 0.05) is 18.2 Å². The molecule has 0 radical (unpaired) electrons. The molecule has 146 valence electrons. The van der Waals surface area contributed by atoms with Crippen molar-refractivity contribution in [2.45, 2.75) is 63.7 Å². The lowest BCUT2D eigenvalue weighted by Crippen LogP contribution is -2.37. The fraction of sp³-hybridized carbons (Fsp3) is 0.550. The SMILES string of the molecule is CCOc1ccc(-c2nnc(SCC(=O)NC3CCCCC3)n2CC)cc1. The zero-order chi connectivity index (χ0) is 19.1. The topological polar surface area (TPSA) is 69.0 Å². The number of carbonyl (C=O) groups excluding carboxylic acids is 1. The average molecular weight is 389 g/mol. The molecule has 0 unspecified atom stereocenters. The fourth-order valence-electron chi connectivity index (χ4n) is 3.41. The molecule has 0 spiro atoms. The van der Waals surface area contributed by atoms with E-state index < -0.39 is 0 Å². The molecule has 1 aromatic carbocycles. The molecule has 3 rings (SSSR count). The number of aromatic nitrogens is 3. The molecule has 1 N–H and O–H groups in total. The van der Waals surface area contributed by atoms with Crippen molar-refractivity contribution in [1.29, 1.82) is 0 Å². The van der Waals surface area contributed by atoms with Gasteiger partial charge in [-0.2, -0.15) is 0 Å². The number of amides is 1. The highest BCUT2D eigenvalue weighted by atomic mass is 32.2. The maximum absolute atomic E-state index is 12.3. The van der Waals surface area contributed by atoms with Crippen molar-refractivity contribution in [2.24, 2.45) is 0 Å². The lowest BCUT2D eigenvalue weighted by atomic mass is 9.95. The van der Waals surface area contributed by atoms with E-state index in [0.717, 1.165) is 41.7 Å². The van der Waals surface area contributed by atoms with Crippen LogP contribution in [0.1, 0.15) is 46.0 Å². The van der Waals surface area contributed by atoms with E-state index in [1.54, 1.807) is 0 Å². The highest BCUT2D eigenvalue weighted by Gasteiger charge is 2.18. The first-order valence-corrected chi connectivity index (χ1v) is 10.8. The first kappa shape index (κ1) is 19.7. The second-order valence-electron chi connectivity index (χ2n) is 6.70. The molecular weight excluding hydrogens is 360 g/mol. The summed E-state index contributed by atoms with van der Waals surface area (Å²) < 4.78 is 7.54. The molecule has 1 aromatic heterocycles. The molecule has 1 aliphatic carbocycles. The normalized spacial score (nSPS) is 14.9. The van der Waals surface area contributed by atoms with Crippen LogP contribution in [-0.2, 0) is 11.3 Å². The molecule has 7 heteroatoms. The fourth-order valence-corrected chi connectivity index (χ4v) is 4.22. The number of rotatable bonds is 8. The monoisotopic (exact) mass is 388 g/mol. The largest absolute Gasteiger partial charge is 0.494 e. The van der Waals surface area contributed by atoms with Crippen molar-refractivity contribution in [2.75, 3.05) is 12.4 Å². The van der Waals surface area contributed by atoms with Crippen LogP contribution in [0.5, 0.6) is 5.75 Å². The van der Waals surface area contributed by atoms with E-state index in [1.807, 2.05) is 35.8 Å². The van der Waals surface area contributed by atoms with Gasteiger partial charge in [-0.05, 0) is 51.0 Å². The first-order valence-electron chi connectivity index (χ1n) is 9.79. The molecule has 1 heterocycles. The summed E-state index contributed by atoms with van der Waals surface area (Å²) in [5.41, 5.74) is 0.992. The summed E-state index contributed by atoms with van der Waals surface area (Å²) in [6, 6.07) is 8.21. The van der Waals surface area contributed by atoms with Gasteiger partial charge >= 0.3 is 0 Å². The highest BCUT2D eigenvalue weighted by molar-refractivity contribution is 7.99. The smallest absolute Gasteiger partial charge is 0.230 e. The van der Waals surface area contributed by atoms with Gasteiger partial charge in [-0.25, -0.2) is 0 Å². The zero-order valence-electron chi connectivity index (χ0n) is 16.1. The Morgan fingerprint density at radius 1 is 1.19 bits per heavy atom. The van der Waals surface area contributed by atoms with Gasteiger partial charge in [0.1, 0.15) is 5.75 Å². The Balaban J connectivity index is 1.62. The molecule has 0 atom stereocenters. The molecule has 1 aliphatic rings. The van der Waals surface area contributed by atoms with E-state index in [1.165, 1.54) is 31.0 Å². The Morgan fingerprint density at radius 2 is 1.93 bits per heavy atom. The summed E-state index contributed by atoms with van der Waals surface area (Å²) in [7, 11) is 0. The third kappa shape index (κ3) is 5.25. The van der Waals surface area contributed by atoms with Crippen molar-refractivity contribution >= 4 is 17.7 Å². The summed E-state index contributed by atoms with van der Waals surface area (Å²) in [6.45, 7) is 5.43. The third-order valence-electron chi connectivity index (χ3n) is 4.76. The molecule has 6 nitrogen and oxygen atoms in total. The van der Waals surface area contributed by atoms with E-state index in [4.69, 9.17) is 4.74 Å². The molecule has 2 aromatic rings. The molecule has 27 heavy (non-hydrogen) atoms. The Morgan fingerprint density at radius 3 is 2.59 bits per heavy atom. The van der Waals surface area contributed by atoms with Gasteiger partial charge in [0.15, 0.2) is 11.0 Å². The van der Waals surface area contributed by atoms with Gasteiger partial charge in [0.25, 0.3) is 0 Å². The molecule has 0 aliphatic heterocycles. The highest BCUT2D eigenvalue weighted by Crippen LogP contribution is 2.26. The minimum atomic E-state index is 0.0835. The molecular formula is C20H28N4O2S. The van der Waals surface area contributed by atoms with E-state index in [9.17, 15) is 4.79 Å². The van der Waals surface area contributed by atoms with Gasteiger partial charge in [0.2, 0.25) is 5.91 Å². The van der Waals surface area contributed by atoms with Gasteiger partial charge < -0.3 is 14.6 Å². The maximum atomic E-state index is 12.3. The van der Waals surface area contributed by atoms with Crippen molar-refractivity contribution in [3.8, 4) is 17.1 Å². The summed E-state index contributed by atoms with van der Waals surface area (Å²) >= 11 is 1.45. The molecule has 0 bridgehead atoms. The number of hydrogen-bond acceptors (Lipinski definition) is 5. The quantitative estimate of drug-likeness (QED) is 0.695. The maximum Gasteiger partial charge on any atom is 0.230 e. The minimum Gasteiger partial charge on any atom is -0.494 e. The Kier molecular flexibility index (Phi) is 7.15. The van der Waals surface area contributed by atoms with Crippen LogP contribution in [0.25, 0.3) is 11.4 Å². The minimum absolute atomic E-state index is 0.0835. The van der Waals surface area contributed by atoms with E-state index in [-0.39, 0.29) is 5.91 Å². The van der Waals surface area contributed by atoms with Crippen molar-refractivity contribution in [1.82, 2.24) is 20.1 Å². The number of hydrogen-bond donors (Lipinski definition) is 1. The van der Waals surface area contributed by atoms with Crippen LogP contribution in [0, 0.1) is 0 Å². The lowest BCUT2D eigenvalue weighted by molar-refractivity contribution is -0.119. The second kappa shape index (κ2) is 9.78. The lowest BCUT2D eigenvalue weighted by Gasteiger charge is -2.22. The van der Waals surface area contributed by atoms with Crippen LogP contribution >= 0.6 is 11.8 Å². The van der Waals surface area contributed by atoms with Gasteiger partial charge in [-0.15, -0.1) is 10.2 Å². The predicted molar refractivity (Wildman–Crippen MR) is 108 cm³/mol. The number of ether oxygens (including phenoxy) is 1. The van der Waals surface area contributed by atoms with Gasteiger partial charge in [-0.3, -0.25) is 4.79 Å². The second-order valence-corrected chi connectivity index (χ2v) is 7.64. The molecule has 1 amide bonds. The van der Waals surface area contributed by atoms with E-state index in [0.29, 0.717) is 18.4 Å². The van der Waals surface area contributed by atoms with Crippen LogP contribution in [-0.4, -0.2) is 39.1 Å². The van der Waals surface area contributed by atoms with Crippen LogP contribution < -0.4 is 10.1 Å². The summed E-state index contributed by atoms with van der Waals surface area (Å²) in [5.74, 6) is 2.12. The van der Waals surface area contributed by atoms with Crippen molar-refractivity contribution in [3.05, 3.63) is 24.3 Å². The number of carbonyl (C=O) groups is 1. The number of benzene rings is 1. The summed E-state index contributed by atoms with van der Waals surface area (Å²) in [4.78, 5) is 12.3.